The van der Waals surface area contributed by atoms with Crippen molar-refractivity contribution in [2.24, 2.45) is 0 Å². The molecule has 0 radical (unpaired) electrons. The summed E-state index contributed by atoms with van der Waals surface area (Å²) in [6.07, 6.45) is 4.78. The molecule has 1 N–H and O–H groups in total. The van der Waals surface area contributed by atoms with E-state index in [0.29, 0.717) is 22.5 Å². The maximum atomic E-state index is 12.1. The zero-order chi connectivity index (χ0) is 18.4. The number of rotatable bonds is 5. The van der Waals surface area contributed by atoms with Crippen LogP contribution in [0.4, 0.5) is 11.6 Å². The predicted molar refractivity (Wildman–Crippen MR) is 103 cm³/mol. The lowest BCUT2D eigenvalue weighted by Gasteiger charge is -2.21. The number of hydrogen-bond donors (Lipinski definition) is 1. The number of halogens is 1. The van der Waals surface area contributed by atoms with E-state index in [9.17, 15) is 4.79 Å². The number of carbonyl (C=O) groups is 1. The Morgan fingerprint density at radius 3 is 2.65 bits per heavy atom. The van der Waals surface area contributed by atoms with E-state index in [1.165, 1.54) is 12.8 Å². The van der Waals surface area contributed by atoms with E-state index in [2.05, 4.69) is 20.2 Å². The third-order valence-corrected chi connectivity index (χ3v) is 4.54. The summed E-state index contributed by atoms with van der Waals surface area (Å²) in [7, 11) is 0. The molecule has 138 valence electrons. The molecule has 0 saturated carbocycles. The van der Waals surface area contributed by atoms with Crippen LogP contribution in [0.25, 0.3) is 0 Å². The second-order valence-electron chi connectivity index (χ2n) is 6.37. The minimum absolute atomic E-state index is 0.138. The molecule has 3 rings (SSSR count). The first-order chi connectivity index (χ1) is 12.6. The maximum absolute atomic E-state index is 12.1. The van der Waals surface area contributed by atoms with E-state index < -0.39 is 0 Å². The summed E-state index contributed by atoms with van der Waals surface area (Å²) in [4.78, 5) is 23.3. The van der Waals surface area contributed by atoms with Crippen molar-refractivity contribution < 1.29 is 9.53 Å². The van der Waals surface area contributed by atoms with Crippen molar-refractivity contribution in [3.05, 3.63) is 41.0 Å². The molecule has 7 heteroatoms. The molecule has 1 aliphatic rings. The van der Waals surface area contributed by atoms with Gasteiger partial charge in [-0.25, -0.2) is 4.98 Å². The molecule has 26 heavy (non-hydrogen) atoms. The zero-order valence-electron chi connectivity index (χ0n) is 14.9. The van der Waals surface area contributed by atoms with Crippen molar-refractivity contribution in [2.45, 2.75) is 32.6 Å². The number of hydrogen-bond acceptors (Lipinski definition) is 5. The van der Waals surface area contributed by atoms with Gasteiger partial charge in [0.2, 0.25) is 11.8 Å². The van der Waals surface area contributed by atoms with Crippen LogP contribution in [0.2, 0.25) is 5.02 Å². The quantitative estimate of drug-likeness (QED) is 0.861. The Kier molecular flexibility index (Phi) is 6.28. The molecule has 0 aliphatic carbocycles. The third-order valence-electron chi connectivity index (χ3n) is 4.21. The minimum atomic E-state index is -0.286. The van der Waals surface area contributed by atoms with Gasteiger partial charge in [0, 0.05) is 24.8 Å². The highest BCUT2D eigenvalue weighted by Crippen LogP contribution is 2.21. The fourth-order valence-electron chi connectivity index (χ4n) is 2.90. The lowest BCUT2D eigenvalue weighted by atomic mass is 10.2. The van der Waals surface area contributed by atoms with Crippen molar-refractivity contribution in [3.8, 4) is 5.88 Å². The first kappa shape index (κ1) is 18.5. The number of nitrogens with zero attached hydrogens (tertiary/aromatic N) is 3. The van der Waals surface area contributed by atoms with Crippen molar-refractivity contribution in [1.29, 1.82) is 0 Å². The van der Waals surface area contributed by atoms with Gasteiger partial charge in [-0.2, -0.15) is 4.98 Å². The van der Waals surface area contributed by atoms with Crippen LogP contribution in [0.15, 0.2) is 30.3 Å². The highest BCUT2D eigenvalue weighted by Gasteiger charge is 2.15. The molecule has 6 nitrogen and oxygen atoms in total. The van der Waals surface area contributed by atoms with Gasteiger partial charge in [0.25, 0.3) is 5.91 Å². The number of aromatic nitrogens is 2. The monoisotopic (exact) mass is 374 g/mol. The summed E-state index contributed by atoms with van der Waals surface area (Å²) in [6, 6.07) is 8.82. The summed E-state index contributed by atoms with van der Waals surface area (Å²) >= 11 is 6.04. The van der Waals surface area contributed by atoms with Gasteiger partial charge in [-0.1, -0.05) is 36.6 Å². The summed E-state index contributed by atoms with van der Waals surface area (Å²) in [5.74, 6) is 0.796. The van der Waals surface area contributed by atoms with Gasteiger partial charge in [0.05, 0.1) is 10.7 Å². The van der Waals surface area contributed by atoms with Gasteiger partial charge < -0.3 is 15.0 Å². The lowest BCUT2D eigenvalue weighted by Crippen LogP contribution is -2.26. The Bertz CT molecular complexity index is 761. The standard InChI is InChI=1S/C19H23ClN4O2/c1-14-12-18(23-19(21-14)24-10-6-2-3-7-11-24)26-13-17(25)22-16-9-5-4-8-15(16)20/h4-5,8-9,12H,2-3,6-7,10-11,13H2,1H3,(H,22,25). The summed E-state index contributed by atoms with van der Waals surface area (Å²) in [6.45, 7) is 3.67. The van der Waals surface area contributed by atoms with Crippen LogP contribution in [0.3, 0.4) is 0 Å². The Hall–Kier alpha value is -2.34. The molecule has 0 bridgehead atoms. The molecule has 1 saturated heterocycles. The van der Waals surface area contributed by atoms with Crippen molar-refractivity contribution in [1.82, 2.24) is 9.97 Å². The average Bonchev–Trinajstić information content (AvgIpc) is 2.91. The van der Waals surface area contributed by atoms with Crippen LogP contribution in [0, 0.1) is 6.92 Å². The van der Waals surface area contributed by atoms with Crippen molar-refractivity contribution in [2.75, 3.05) is 29.9 Å². The molecule has 1 aliphatic heterocycles. The zero-order valence-corrected chi connectivity index (χ0v) is 15.6. The molecule has 2 aromatic rings. The van der Waals surface area contributed by atoms with Crippen LogP contribution in [-0.2, 0) is 4.79 Å². The molecule has 0 spiro atoms. The normalized spacial score (nSPS) is 14.6. The fraction of sp³-hybridized carbons (Fsp3) is 0.421. The van der Waals surface area contributed by atoms with E-state index in [0.717, 1.165) is 31.6 Å². The highest BCUT2D eigenvalue weighted by atomic mass is 35.5. The van der Waals surface area contributed by atoms with E-state index in [4.69, 9.17) is 16.3 Å². The fourth-order valence-corrected chi connectivity index (χ4v) is 3.08. The van der Waals surface area contributed by atoms with E-state index in [-0.39, 0.29) is 12.5 Å². The maximum Gasteiger partial charge on any atom is 0.262 e. The number of benzene rings is 1. The molecule has 1 aromatic carbocycles. The highest BCUT2D eigenvalue weighted by molar-refractivity contribution is 6.33. The summed E-state index contributed by atoms with van der Waals surface area (Å²) < 4.78 is 5.59. The Balaban J connectivity index is 1.62. The first-order valence-electron chi connectivity index (χ1n) is 8.89. The predicted octanol–water partition coefficient (Wildman–Crippen LogP) is 3.84. The van der Waals surface area contributed by atoms with Crippen LogP contribution < -0.4 is 15.0 Å². The molecule has 0 unspecified atom stereocenters. The molecule has 1 amide bonds. The second kappa shape index (κ2) is 8.85. The van der Waals surface area contributed by atoms with Crippen molar-refractivity contribution in [3.63, 3.8) is 0 Å². The molecular weight excluding hydrogens is 352 g/mol. The number of nitrogens with one attached hydrogen (secondary N) is 1. The van der Waals surface area contributed by atoms with E-state index in [1.54, 1.807) is 18.2 Å². The van der Waals surface area contributed by atoms with Crippen LogP contribution in [0.1, 0.15) is 31.4 Å². The smallest absolute Gasteiger partial charge is 0.262 e. The number of carbonyl (C=O) groups excluding carboxylic acids is 1. The van der Waals surface area contributed by atoms with Gasteiger partial charge in [0.1, 0.15) is 0 Å². The Labute approximate surface area is 158 Å². The Morgan fingerprint density at radius 1 is 1.19 bits per heavy atom. The number of para-hydroxylation sites is 1. The molecule has 0 atom stereocenters. The molecular formula is C19H23ClN4O2. The second-order valence-corrected chi connectivity index (χ2v) is 6.77. The molecule has 2 heterocycles. The SMILES string of the molecule is Cc1cc(OCC(=O)Nc2ccccc2Cl)nc(N2CCCCCC2)n1. The summed E-state index contributed by atoms with van der Waals surface area (Å²) in [5.41, 5.74) is 1.38. The minimum Gasteiger partial charge on any atom is -0.467 e. The van der Waals surface area contributed by atoms with E-state index >= 15 is 0 Å². The lowest BCUT2D eigenvalue weighted by molar-refractivity contribution is -0.118. The number of aryl methyl sites for hydroxylation is 1. The van der Waals surface area contributed by atoms with Gasteiger partial charge in [-0.3, -0.25) is 4.79 Å². The van der Waals surface area contributed by atoms with Crippen LogP contribution in [0.5, 0.6) is 5.88 Å². The topological polar surface area (TPSA) is 67.3 Å². The van der Waals surface area contributed by atoms with Gasteiger partial charge >= 0.3 is 0 Å². The number of anilines is 2. The largest absolute Gasteiger partial charge is 0.467 e. The number of amides is 1. The van der Waals surface area contributed by atoms with Crippen LogP contribution in [-0.4, -0.2) is 35.6 Å². The van der Waals surface area contributed by atoms with Crippen molar-refractivity contribution >= 4 is 29.1 Å². The van der Waals surface area contributed by atoms with Gasteiger partial charge in [-0.15, -0.1) is 0 Å². The van der Waals surface area contributed by atoms with Crippen LogP contribution >= 0.6 is 11.6 Å². The Morgan fingerprint density at radius 2 is 1.92 bits per heavy atom. The average molecular weight is 375 g/mol. The van der Waals surface area contributed by atoms with Gasteiger partial charge in [-0.05, 0) is 31.9 Å². The number of ether oxygens (including phenoxy) is 1. The summed E-state index contributed by atoms with van der Waals surface area (Å²) in [5, 5.41) is 3.22. The molecule has 1 fully saturated rings. The molecule has 1 aromatic heterocycles. The third kappa shape index (κ3) is 5.08. The first-order valence-corrected chi connectivity index (χ1v) is 9.27. The van der Waals surface area contributed by atoms with E-state index in [1.807, 2.05) is 19.1 Å². The van der Waals surface area contributed by atoms with Gasteiger partial charge in [0.15, 0.2) is 6.61 Å².